The van der Waals surface area contributed by atoms with Gasteiger partial charge in [0.15, 0.2) is 5.16 Å². The molecule has 29 heavy (non-hydrogen) atoms. The van der Waals surface area contributed by atoms with Crippen molar-refractivity contribution in [2.75, 3.05) is 5.84 Å². The van der Waals surface area contributed by atoms with Crippen molar-refractivity contribution in [1.29, 1.82) is 0 Å². The summed E-state index contributed by atoms with van der Waals surface area (Å²) in [4.78, 5) is 31.6. The topological polar surface area (TPSA) is 90.0 Å². The molecule has 0 bridgehead atoms. The summed E-state index contributed by atoms with van der Waals surface area (Å²) in [5, 5.41) is 7.17. The van der Waals surface area contributed by atoms with Crippen LogP contribution < -0.4 is 16.7 Å². The van der Waals surface area contributed by atoms with Crippen molar-refractivity contribution < 1.29 is 4.79 Å². The Labute approximate surface area is 179 Å². The number of hydrogen-bond donors (Lipinski definition) is 2. The number of hydrogen-bond acceptors (Lipinski definition) is 7. The first-order valence-corrected chi connectivity index (χ1v) is 11.5. The van der Waals surface area contributed by atoms with Gasteiger partial charge in [-0.05, 0) is 23.9 Å². The Morgan fingerprint density at radius 1 is 1.24 bits per heavy atom. The zero-order valence-electron chi connectivity index (χ0n) is 15.5. The molecule has 0 aliphatic rings. The average Bonchev–Trinajstić information content (AvgIpc) is 3.40. The molecule has 0 fully saturated rings. The van der Waals surface area contributed by atoms with Gasteiger partial charge in [0, 0.05) is 15.8 Å². The number of carbonyl (C=O) groups excluding carboxylic acids is 1. The van der Waals surface area contributed by atoms with Gasteiger partial charge in [0.25, 0.3) is 5.56 Å². The fourth-order valence-corrected chi connectivity index (χ4v) is 5.33. The highest BCUT2D eigenvalue weighted by atomic mass is 32.2. The highest BCUT2D eigenvalue weighted by Gasteiger charge is 2.21. The van der Waals surface area contributed by atoms with Gasteiger partial charge in [0.05, 0.1) is 17.2 Å². The zero-order valence-corrected chi connectivity index (χ0v) is 17.9. The molecule has 0 saturated carbocycles. The van der Waals surface area contributed by atoms with Crippen LogP contribution in [-0.4, -0.2) is 20.8 Å². The Hall–Kier alpha value is -2.62. The van der Waals surface area contributed by atoms with E-state index in [-0.39, 0.29) is 11.5 Å². The molecule has 0 saturated heterocycles. The molecule has 4 aromatic rings. The first-order chi connectivity index (χ1) is 14.0. The van der Waals surface area contributed by atoms with E-state index in [0.717, 1.165) is 20.7 Å². The molecule has 148 valence electrons. The van der Waals surface area contributed by atoms with Gasteiger partial charge in [-0.25, -0.2) is 9.66 Å². The molecular weight excluding hydrogens is 424 g/mol. The normalized spacial score (nSPS) is 12.2. The van der Waals surface area contributed by atoms with Gasteiger partial charge >= 0.3 is 0 Å². The summed E-state index contributed by atoms with van der Waals surface area (Å²) in [6.45, 7) is 2.25. The van der Waals surface area contributed by atoms with Crippen molar-refractivity contribution in [3.63, 3.8) is 0 Å². The van der Waals surface area contributed by atoms with E-state index in [0.29, 0.717) is 21.9 Å². The highest BCUT2D eigenvalue weighted by molar-refractivity contribution is 8.00. The molecule has 3 heterocycles. The predicted octanol–water partition coefficient (Wildman–Crippen LogP) is 3.70. The van der Waals surface area contributed by atoms with Crippen molar-refractivity contribution in [3.8, 4) is 11.1 Å². The van der Waals surface area contributed by atoms with Gasteiger partial charge in [-0.2, -0.15) is 0 Å². The molecule has 1 amide bonds. The van der Waals surface area contributed by atoms with Gasteiger partial charge in [-0.3, -0.25) is 9.59 Å². The summed E-state index contributed by atoms with van der Waals surface area (Å²) in [5.74, 6) is 5.92. The third kappa shape index (κ3) is 4.07. The summed E-state index contributed by atoms with van der Waals surface area (Å²) in [6.07, 6.45) is 0. The van der Waals surface area contributed by atoms with Gasteiger partial charge in [-0.1, -0.05) is 48.2 Å². The van der Waals surface area contributed by atoms with Crippen LogP contribution in [0.1, 0.15) is 11.8 Å². The fraction of sp³-hybridized carbons (Fsp3) is 0.150. The lowest BCUT2D eigenvalue weighted by Crippen LogP contribution is -2.33. The van der Waals surface area contributed by atoms with E-state index in [1.54, 1.807) is 18.3 Å². The minimum Gasteiger partial charge on any atom is -0.350 e. The van der Waals surface area contributed by atoms with Crippen molar-refractivity contribution >= 4 is 50.6 Å². The lowest BCUT2D eigenvalue weighted by molar-refractivity contribution is -0.120. The molecule has 1 atom stereocenters. The van der Waals surface area contributed by atoms with Crippen LogP contribution in [0.15, 0.2) is 63.2 Å². The Bertz CT molecular complexity index is 1200. The standard InChI is InChI=1S/C20H18N4O2S3/c1-12(17(25)22-10-14-8-5-9-27-14)29-20-23-18-16(19(26)24(20)21)15(11-28-18)13-6-3-2-4-7-13/h2-9,11-12H,10,21H2,1H3,(H,22,25). The van der Waals surface area contributed by atoms with Gasteiger partial charge in [0.1, 0.15) is 4.83 Å². The van der Waals surface area contributed by atoms with E-state index in [1.165, 1.54) is 23.1 Å². The quantitative estimate of drug-likeness (QED) is 0.270. The molecule has 0 aliphatic carbocycles. The smallest absolute Gasteiger partial charge is 0.282 e. The van der Waals surface area contributed by atoms with E-state index in [9.17, 15) is 9.59 Å². The van der Waals surface area contributed by atoms with Crippen molar-refractivity contribution in [2.45, 2.75) is 23.9 Å². The second kappa shape index (κ2) is 8.40. The number of carbonyl (C=O) groups is 1. The number of aromatic nitrogens is 2. The van der Waals surface area contributed by atoms with Crippen LogP contribution in [0.3, 0.4) is 0 Å². The van der Waals surface area contributed by atoms with Crippen LogP contribution >= 0.6 is 34.4 Å². The van der Waals surface area contributed by atoms with Crippen LogP contribution in [0.25, 0.3) is 21.3 Å². The van der Waals surface area contributed by atoms with Crippen LogP contribution in [0.4, 0.5) is 0 Å². The van der Waals surface area contributed by atoms with Crippen molar-refractivity contribution in [2.24, 2.45) is 0 Å². The van der Waals surface area contributed by atoms with Crippen LogP contribution in [0.2, 0.25) is 0 Å². The summed E-state index contributed by atoms with van der Waals surface area (Å²) in [7, 11) is 0. The monoisotopic (exact) mass is 442 g/mol. The second-order valence-corrected chi connectivity index (χ2v) is 9.52. The summed E-state index contributed by atoms with van der Waals surface area (Å²) in [5.41, 5.74) is 1.45. The fourth-order valence-electron chi connectivity index (χ4n) is 2.84. The average molecular weight is 443 g/mol. The summed E-state index contributed by atoms with van der Waals surface area (Å²) < 4.78 is 1.04. The number of fused-ring (bicyclic) bond motifs is 1. The molecule has 0 aliphatic heterocycles. The molecule has 3 aromatic heterocycles. The minimum absolute atomic E-state index is 0.131. The number of nitrogens with one attached hydrogen (secondary N) is 1. The molecule has 0 spiro atoms. The van der Waals surface area contributed by atoms with Crippen LogP contribution in [-0.2, 0) is 11.3 Å². The number of thiophene rings is 2. The van der Waals surface area contributed by atoms with E-state index >= 15 is 0 Å². The third-order valence-corrected chi connectivity index (χ3v) is 7.18. The molecule has 0 radical (unpaired) electrons. The number of benzene rings is 1. The molecular formula is C20H18N4O2S3. The molecule has 1 unspecified atom stereocenters. The number of nitrogen functional groups attached to an aromatic ring is 1. The minimum atomic E-state index is -0.442. The first kappa shape index (κ1) is 19.7. The largest absolute Gasteiger partial charge is 0.350 e. The van der Waals surface area contributed by atoms with E-state index in [2.05, 4.69) is 10.3 Å². The Morgan fingerprint density at radius 2 is 2.03 bits per heavy atom. The second-order valence-electron chi connectivity index (χ2n) is 6.32. The maximum atomic E-state index is 12.9. The molecule has 4 rings (SSSR count). The van der Waals surface area contributed by atoms with Crippen molar-refractivity contribution in [1.82, 2.24) is 15.0 Å². The third-order valence-electron chi connectivity index (χ3n) is 4.36. The number of nitrogens with two attached hydrogens (primary N) is 1. The predicted molar refractivity (Wildman–Crippen MR) is 121 cm³/mol. The van der Waals surface area contributed by atoms with E-state index in [1.807, 2.05) is 53.2 Å². The lowest BCUT2D eigenvalue weighted by Gasteiger charge is -2.13. The Balaban J connectivity index is 1.57. The number of nitrogens with zero attached hydrogens (tertiary/aromatic N) is 2. The van der Waals surface area contributed by atoms with Gasteiger partial charge in [0.2, 0.25) is 5.91 Å². The summed E-state index contributed by atoms with van der Waals surface area (Å²) >= 11 is 4.16. The first-order valence-electron chi connectivity index (χ1n) is 8.86. The zero-order chi connectivity index (χ0) is 20.4. The molecule has 6 nitrogen and oxygen atoms in total. The Kier molecular flexibility index (Phi) is 5.70. The Morgan fingerprint density at radius 3 is 2.76 bits per heavy atom. The van der Waals surface area contributed by atoms with Gasteiger partial charge in [-0.15, -0.1) is 22.7 Å². The van der Waals surface area contributed by atoms with E-state index in [4.69, 9.17) is 5.84 Å². The summed E-state index contributed by atoms with van der Waals surface area (Å²) in [6, 6.07) is 13.6. The number of rotatable bonds is 6. The van der Waals surface area contributed by atoms with Crippen molar-refractivity contribution in [3.05, 3.63) is 68.5 Å². The maximum absolute atomic E-state index is 12.9. The number of amides is 1. The SMILES string of the molecule is CC(Sc1nc2scc(-c3ccccc3)c2c(=O)n1N)C(=O)NCc1cccs1. The van der Waals surface area contributed by atoms with Crippen LogP contribution in [0, 0.1) is 0 Å². The molecule has 3 N–H and O–H groups in total. The van der Waals surface area contributed by atoms with Crippen LogP contribution in [0.5, 0.6) is 0 Å². The highest BCUT2D eigenvalue weighted by Crippen LogP contribution is 2.32. The van der Waals surface area contributed by atoms with E-state index < -0.39 is 5.25 Å². The molecule has 9 heteroatoms. The lowest BCUT2D eigenvalue weighted by atomic mass is 10.1. The maximum Gasteiger partial charge on any atom is 0.282 e. The van der Waals surface area contributed by atoms with Gasteiger partial charge < -0.3 is 11.2 Å². The number of thioether (sulfide) groups is 1. The molecule has 1 aromatic carbocycles.